The first-order valence-electron chi connectivity index (χ1n) is 3.06. The van der Waals surface area contributed by atoms with Gasteiger partial charge in [0.2, 0.25) is 0 Å². The number of allylic oxidation sites excluding steroid dienone is 2. The predicted molar refractivity (Wildman–Crippen MR) is 37.1 cm³/mol. The van der Waals surface area contributed by atoms with Crippen LogP contribution in [0.3, 0.4) is 0 Å². The zero-order valence-electron chi connectivity index (χ0n) is 6.27. The van der Waals surface area contributed by atoms with Crippen LogP contribution in [0.4, 0.5) is 0 Å². The van der Waals surface area contributed by atoms with Crippen molar-refractivity contribution in [2.75, 3.05) is 13.2 Å². The van der Waals surface area contributed by atoms with E-state index in [1.807, 2.05) is 20.8 Å². The second-order valence-electron chi connectivity index (χ2n) is 2.13. The Kier molecular flexibility index (Phi) is 4.14. The largest absolute Gasteiger partial charge is 0.496 e. The zero-order chi connectivity index (χ0) is 7.28. The Morgan fingerprint density at radius 1 is 1.33 bits per heavy atom. The summed E-state index contributed by atoms with van der Waals surface area (Å²) in [4.78, 5) is 0. The zero-order valence-corrected chi connectivity index (χ0v) is 6.27. The summed E-state index contributed by atoms with van der Waals surface area (Å²) in [6.07, 6.45) is 0. The maximum absolute atomic E-state index is 8.35. The third-order valence-electron chi connectivity index (χ3n) is 1.11. The van der Waals surface area contributed by atoms with Crippen molar-refractivity contribution in [2.24, 2.45) is 0 Å². The smallest absolute Gasteiger partial charge is 0.111 e. The molecule has 0 atom stereocenters. The van der Waals surface area contributed by atoms with Gasteiger partial charge in [-0.2, -0.15) is 0 Å². The lowest BCUT2D eigenvalue weighted by Crippen LogP contribution is -1.97. The first-order chi connectivity index (χ1) is 4.18. The first-order valence-corrected chi connectivity index (χ1v) is 3.06. The van der Waals surface area contributed by atoms with Crippen LogP contribution in [-0.2, 0) is 4.74 Å². The van der Waals surface area contributed by atoms with Crippen LogP contribution >= 0.6 is 0 Å². The Balaban J connectivity index is 3.50. The lowest BCUT2D eigenvalue weighted by atomic mass is 10.3. The number of hydrogen-bond donors (Lipinski definition) is 1. The maximum atomic E-state index is 8.35. The van der Waals surface area contributed by atoms with Crippen molar-refractivity contribution in [3.8, 4) is 0 Å². The van der Waals surface area contributed by atoms with Gasteiger partial charge in [-0.05, 0) is 26.3 Å². The molecular formula is C7H14O2. The molecule has 0 unspecified atom stereocenters. The number of aliphatic hydroxyl groups excluding tert-OH is 1. The molecule has 0 bridgehead atoms. The number of ether oxygens (including phenoxy) is 1. The fraction of sp³-hybridized carbons (Fsp3) is 0.714. The third-order valence-corrected chi connectivity index (χ3v) is 1.11. The van der Waals surface area contributed by atoms with E-state index >= 15 is 0 Å². The van der Waals surface area contributed by atoms with E-state index in [4.69, 9.17) is 9.84 Å². The average molecular weight is 130 g/mol. The van der Waals surface area contributed by atoms with Crippen molar-refractivity contribution in [1.82, 2.24) is 0 Å². The van der Waals surface area contributed by atoms with Gasteiger partial charge in [0, 0.05) is 0 Å². The van der Waals surface area contributed by atoms with E-state index in [9.17, 15) is 0 Å². The van der Waals surface area contributed by atoms with Crippen molar-refractivity contribution >= 4 is 0 Å². The van der Waals surface area contributed by atoms with Gasteiger partial charge in [-0.15, -0.1) is 0 Å². The van der Waals surface area contributed by atoms with Gasteiger partial charge in [0.25, 0.3) is 0 Å². The normalized spacial score (nSPS) is 8.89. The van der Waals surface area contributed by atoms with E-state index in [1.54, 1.807) is 0 Å². The van der Waals surface area contributed by atoms with Crippen LogP contribution < -0.4 is 0 Å². The van der Waals surface area contributed by atoms with Crippen LogP contribution in [0.5, 0.6) is 0 Å². The Morgan fingerprint density at radius 3 is 2.22 bits per heavy atom. The second-order valence-corrected chi connectivity index (χ2v) is 2.13. The summed E-state index contributed by atoms with van der Waals surface area (Å²) in [5.74, 6) is 0.907. The first kappa shape index (κ1) is 8.50. The Labute approximate surface area is 56.1 Å². The molecule has 0 amide bonds. The van der Waals surface area contributed by atoms with Gasteiger partial charge >= 0.3 is 0 Å². The Morgan fingerprint density at radius 2 is 1.89 bits per heavy atom. The lowest BCUT2D eigenvalue weighted by Gasteiger charge is -2.04. The van der Waals surface area contributed by atoms with Gasteiger partial charge in [0.1, 0.15) is 6.61 Å². The molecule has 0 radical (unpaired) electrons. The summed E-state index contributed by atoms with van der Waals surface area (Å²) in [5.41, 5.74) is 1.16. The standard InChI is InChI=1S/C7H14O2/c1-6(2)7(3)9-5-4-8/h8H,4-5H2,1-3H3. The number of hydrogen-bond acceptors (Lipinski definition) is 2. The minimum Gasteiger partial charge on any atom is -0.496 e. The molecule has 2 nitrogen and oxygen atoms in total. The van der Waals surface area contributed by atoms with Crippen LogP contribution in [0.2, 0.25) is 0 Å². The van der Waals surface area contributed by atoms with E-state index in [0.29, 0.717) is 6.61 Å². The summed E-state index contributed by atoms with van der Waals surface area (Å²) in [7, 11) is 0. The summed E-state index contributed by atoms with van der Waals surface area (Å²) in [6.45, 7) is 6.34. The van der Waals surface area contributed by atoms with Crippen LogP contribution in [0.25, 0.3) is 0 Å². The molecule has 9 heavy (non-hydrogen) atoms. The molecular weight excluding hydrogens is 116 g/mol. The van der Waals surface area contributed by atoms with Gasteiger partial charge in [0.15, 0.2) is 0 Å². The summed E-state index contributed by atoms with van der Waals surface area (Å²) in [6, 6.07) is 0. The molecule has 54 valence electrons. The molecule has 0 aromatic rings. The fourth-order valence-electron chi connectivity index (χ4n) is 0.343. The molecule has 2 heteroatoms. The second kappa shape index (κ2) is 4.39. The van der Waals surface area contributed by atoms with E-state index in [-0.39, 0.29) is 6.61 Å². The third kappa shape index (κ3) is 4.03. The van der Waals surface area contributed by atoms with Gasteiger partial charge in [0.05, 0.1) is 12.4 Å². The molecule has 0 aromatic heterocycles. The summed E-state index contributed by atoms with van der Waals surface area (Å²) in [5, 5.41) is 8.35. The fourth-order valence-corrected chi connectivity index (χ4v) is 0.343. The molecule has 0 heterocycles. The highest BCUT2D eigenvalue weighted by Gasteiger charge is 1.89. The minimum atomic E-state index is 0.0879. The number of aliphatic hydroxyl groups is 1. The highest BCUT2D eigenvalue weighted by molar-refractivity contribution is 4.98. The molecule has 0 fully saturated rings. The van der Waals surface area contributed by atoms with Crippen LogP contribution in [0.1, 0.15) is 20.8 Å². The topological polar surface area (TPSA) is 29.5 Å². The van der Waals surface area contributed by atoms with Crippen LogP contribution in [-0.4, -0.2) is 18.3 Å². The number of rotatable bonds is 3. The van der Waals surface area contributed by atoms with Gasteiger partial charge in [-0.1, -0.05) is 0 Å². The van der Waals surface area contributed by atoms with Gasteiger partial charge in [-0.3, -0.25) is 0 Å². The van der Waals surface area contributed by atoms with Gasteiger partial charge in [-0.25, -0.2) is 0 Å². The van der Waals surface area contributed by atoms with Crippen LogP contribution in [0, 0.1) is 0 Å². The van der Waals surface area contributed by atoms with Crippen molar-refractivity contribution in [1.29, 1.82) is 0 Å². The van der Waals surface area contributed by atoms with E-state index in [1.165, 1.54) is 0 Å². The van der Waals surface area contributed by atoms with E-state index < -0.39 is 0 Å². The van der Waals surface area contributed by atoms with Crippen molar-refractivity contribution in [3.05, 3.63) is 11.3 Å². The summed E-state index contributed by atoms with van der Waals surface area (Å²) >= 11 is 0. The minimum absolute atomic E-state index is 0.0879. The maximum Gasteiger partial charge on any atom is 0.111 e. The van der Waals surface area contributed by atoms with E-state index in [0.717, 1.165) is 11.3 Å². The highest BCUT2D eigenvalue weighted by Crippen LogP contribution is 2.01. The van der Waals surface area contributed by atoms with Crippen molar-refractivity contribution < 1.29 is 9.84 Å². The molecule has 0 saturated heterocycles. The molecule has 0 aromatic carbocycles. The average Bonchev–Trinajstić information content (AvgIpc) is 1.82. The van der Waals surface area contributed by atoms with Crippen molar-refractivity contribution in [2.45, 2.75) is 20.8 Å². The molecule has 0 saturated carbocycles. The lowest BCUT2D eigenvalue weighted by molar-refractivity contribution is 0.144. The van der Waals surface area contributed by atoms with Crippen LogP contribution in [0.15, 0.2) is 11.3 Å². The molecule has 0 aliphatic carbocycles. The SMILES string of the molecule is CC(C)=C(C)OCCO. The molecule has 0 aliphatic rings. The van der Waals surface area contributed by atoms with Gasteiger partial charge < -0.3 is 9.84 Å². The molecule has 0 aliphatic heterocycles. The Hall–Kier alpha value is -0.500. The Bertz CT molecular complexity index is 101. The van der Waals surface area contributed by atoms with Crippen molar-refractivity contribution in [3.63, 3.8) is 0 Å². The summed E-state index contributed by atoms with van der Waals surface area (Å²) < 4.78 is 5.08. The monoisotopic (exact) mass is 130 g/mol. The molecule has 0 rings (SSSR count). The molecule has 1 N–H and O–H groups in total. The molecule has 0 spiro atoms. The quantitative estimate of drug-likeness (QED) is 0.584. The highest BCUT2D eigenvalue weighted by atomic mass is 16.5. The predicted octanol–water partition coefficient (Wildman–Crippen LogP) is 1.31. The van der Waals surface area contributed by atoms with E-state index in [2.05, 4.69) is 0 Å².